The first kappa shape index (κ1) is 25.5. The second-order valence-electron chi connectivity index (χ2n) is 8.71. The predicted octanol–water partition coefficient (Wildman–Crippen LogP) is 2.54. The molecule has 1 saturated carbocycles. The Morgan fingerprint density at radius 2 is 1.87 bits per heavy atom. The molecule has 31 heavy (non-hydrogen) atoms. The fourth-order valence-electron chi connectivity index (χ4n) is 4.50. The molecule has 0 bridgehead atoms. The van der Waals surface area contributed by atoms with E-state index in [9.17, 15) is 29.6 Å². The predicted molar refractivity (Wildman–Crippen MR) is 115 cm³/mol. The molecule has 174 valence electrons. The number of benzene rings is 1. The van der Waals surface area contributed by atoms with Crippen LogP contribution in [0.25, 0.3) is 0 Å². The molecule has 1 fully saturated rings. The van der Waals surface area contributed by atoms with Gasteiger partial charge >= 0.3 is 5.97 Å². The second kappa shape index (κ2) is 11.7. The zero-order chi connectivity index (χ0) is 23.1. The van der Waals surface area contributed by atoms with Crippen LogP contribution < -0.4 is 0 Å². The molecule has 7 heteroatoms. The summed E-state index contributed by atoms with van der Waals surface area (Å²) in [6, 6.07) is 5.88. The molecule has 0 radical (unpaired) electrons. The number of ether oxygens (including phenoxy) is 1. The molecular formula is C24H35FO6. The summed E-state index contributed by atoms with van der Waals surface area (Å²) in [6.07, 6.45) is -0.384. The average molecular weight is 439 g/mol. The molecule has 0 aromatic heterocycles. The Balaban J connectivity index is 2.20. The minimum atomic E-state index is -1.04. The number of rotatable bonds is 9. The Hall–Kier alpha value is -1.80. The van der Waals surface area contributed by atoms with Crippen LogP contribution in [0.3, 0.4) is 0 Å². The maximum absolute atomic E-state index is 13.4. The summed E-state index contributed by atoms with van der Waals surface area (Å²) in [5.41, 5.74) is 0.713. The van der Waals surface area contributed by atoms with Crippen LogP contribution in [0.5, 0.6) is 0 Å². The zero-order valence-corrected chi connectivity index (χ0v) is 18.4. The Bertz CT molecular complexity index is 719. The summed E-state index contributed by atoms with van der Waals surface area (Å²) in [6.45, 7) is 5.99. The average Bonchev–Trinajstić information content (AvgIpc) is 2.69. The number of hydrogen-bond acceptors (Lipinski definition) is 6. The number of carbonyl (C=O) groups excluding carboxylic acids is 1. The number of esters is 1. The maximum atomic E-state index is 13.4. The lowest BCUT2D eigenvalue weighted by Gasteiger charge is -2.44. The standard InChI is InChI=1S/C24H35FO6/c1-4-31-22(29)12-18(27)11-17(26)9-10-19-20(14(2)3)13-21(28)24(30)23(19)15-5-7-16(25)8-6-15/h5-10,14,17-21,23-24,26-28,30H,4,11-13H2,1-3H3/b10-9+. The largest absolute Gasteiger partial charge is 0.466 e. The third kappa shape index (κ3) is 7.10. The van der Waals surface area contributed by atoms with Crippen LogP contribution in [0, 0.1) is 23.6 Å². The molecule has 1 aromatic carbocycles. The van der Waals surface area contributed by atoms with E-state index in [1.165, 1.54) is 12.1 Å². The number of hydrogen-bond donors (Lipinski definition) is 4. The van der Waals surface area contributed by atoms with Crippen molar-refractivity contribution in [3.63, 3.8) is 0 Å². The van der Waals surface area contributed by atoms with Crippen molar-refractivity contribution in [3.8, 4) is 0 Å². The Morgan fingerprint density at radius 3 is 2.45 bits per heavy atom. The molecular weight excluding hydrogens is 403 g/mol. The van der Waals surface area contributed by atoms with Gasteiger partial charge in [0.1, 0.15) is 5.82 Å². The molecule has 4 N–H and O–H groups in total. The highest BCUT2D eigenvalue weighted by Gasteiger charge is 2.44. The summed E-state index contributed by atoms with van der Waals surface area (Å²) in [7, 11) is 0. The van der Waals surface area contributed by atoms with Crippen molar-refractivity contribution >= 4 is 5.97 Å². The Morgan fingerprint density at radius 1 is 1.23 bits per heavy atom. The van der Waals surface area contributed by atoms with Gasteiger partial charge in [-0.1, -0.05) is 38.1 Å². The molecule has 7 atom stereocenters. The van der Waals surface area contributed by atoms with Crippen LogP contribution in [0.2, 0.25) is 0 Å². The van der Waals surface area contributed by atoms with Crippen LogP contribution in [-0.4, -0.2) is 57.4 Å². The van der Waals surface area contributed by atoms with E-state index in [0.717, 1.165) is 0 Å². The van der Waals surface area contributed by atoms with Crippen molar-refractivity contribution in [1.82, 2.24) is 0 Å². The maximum Gasteiger partial charge on any atom is 0.308 e. The minimum absolute atomic E-state index is 0.0270. The van der Waals surface area contributed by atoms with Gasteiger partial charge in [-0.05, 0) is 48.8 Å². The molecule has 2 rings (SSSR count). The van der Waals surface area contributed by atoms with Crippen molar-refractivity contribution in [2.45, 2.75) is 70.4 Å². The lowest BCUT2D eigenvalue weighted by atomic mass is 9.63. The van der Waals surface area contributed by atoms with Gasteiger partial charge in [-0.15, -0.1) is 0 Å². The molecule has 1 aliphatic carbocycles. The first-order valence-corrected chi connectivity index (χ1v) is 11.0. The molecule has 6 nitrogen and oxygen atoms in total. The third-order valence-corrected chi connectivity index (χ3v) is 6.07. The van der Waals surface area contributed by atoms with E-state index < -0.39 is 36.3 Å². The van der Waals surface area contributed by atoms with E-state index in [-0.39, 0.29) is 43.0 Å². The monoisotopic (exact) mass is 438 g/mol. The first-order valence-electron chi connectivity index (χ1n) is 11.0. The van der Waals surface area contributed by atoms with Gasteiger partial charge in [0.2, 0.25) is 0 Å². The van der Waals surface area contributed by atoms with Gasteiger partial charge in [-0.3, -0.25) is 4.79 Å². The first-order chi connectivity index (χ1) is 14.6. The van der Waals surface area contributed by atoms with Crippen molar-refractivity contribution in [2.24, 2.45) is 17.8 Å². The summed E-state index contributed by atoms with van der Waals surface area (Å²) in [5.74, 6) is -1.35. The molecule has 0 aliphatic heterocycles. The van der Waals surface area contributed by atoms with Gasteiger partial charge in [-0.25, -0.2) is 4.39 Å². The summed E-state index contributed by atoms with van der Waals surface area (Å²) >= 11 is 0. The third-order valence-electron chi connectivity index (χ3n) is 6.07. The van der Waals surface area contributed by atoms with E-state index in [1.807, 2.05) is 19.9 Å². The van der Waals surface area contributed by atoms with Crippen molar-refractivity contribution in [2.75, 3.05) is 6.61 Å². The summed E-state index contributed by atoms with van der Waals surface area (Å²) in [5, 5.41) is 41.6. The number of carbonyl (C=O) groups is 1. The number of allylic oxidation sites excluding steroid dienone is 1. The van der Waals surface area contributed by atoms with E-state index in [1.54, 1.807) is 25.1 Å². The molecule has 1 aliphatic rings. The fourth-order valence-corrected chi connectivity index (χ4v) is 4.50. The summed E-state index contributed by atoms with van der Waals surface area (Å²) < 4.78 is 18.2. The highest BCUT2D eigenvalue weighted by molar-refractivity contribution is 5.69. The number of aliphatic hydroxyl groups excluding tert-OH is 4. The number of halogens is 1. The van der Waals surface area contributed by atoms with Gasteiger partial charge in [0.05, 0.1) is 37.4 Å². The van der Waals surface area contributed by atoms with Gasteiger partial charge in [0.15, 0.2) is 0 Å². The summed E-state index contributed by atoms with van der Waals surface area (Å²) in [4.78, 5) is 11.5. The van der Waals surface area contributed by atoms with E-state index in [0.29, 0.717) is 12.0 Å². The van der Waals surface area contributed by atoms with Crippen LogP contribution >= 0.6 is 0 Å². The van der Waals surface area contributed by atoms with Gasteiger partial charge < -0.3 is 25.2 Å². The Labute approximate surface area is 183 Å². The molecule has 0 spiro atoms. The zero-order valence-electron chi connectivity index (χ0n) is 18.4. The molecule has 0 heterocycles. The van der Waals surface area contributed by atoms with Crippen LogP contribution in [0.4, 0.5) is 4.39 Å². The highest BCUT2D eigenvalue weighted by Crippen LogP contribution is 2.45. The minimum Gasteiger partial charge on any atom is -0.466 e. The molecule has 0 amide bonds. The van der Waals surface area contributed by atoms with Crippen LogP contribution in [0.1, 0.15) is 51.5 Å². The topological polar surface area (TPSA) is 107 Å². The number of aliphatic hydroxyl groups is 4. The van der Waals surface area contributed by atoms with E-state index in [4.69, 9.17) is 4.74 Å². The normalized spacial score (nSPS) is 28.6. The smallest absolute Gasteiger partial charge is 0.308 e. The molecule has 0 saturated heterocycles. The SMILES string of the molecule is CCOC(=O)CC(O)CC(O)/C=C/C1C(C(C)C)CC(O)C(O)C1c1ccc(F)cc1. The van der Waals surface area contributed by atoms with Gasteiger partial charge in [-0.2, -0.15) is 0 Å². The van der Waals surface area contributed by atoms with Gasteiger partial charge in [0, 0.05) is 12.3 Å². The molecule has 7 unspecified atom stereocenters. The van der Waals surface area contributed by atoms with Crippen molar-refractivity contribution in [1.29, 1.82) is 0 Å². The molecule has 1 aromatic rings. The van der Waals surface area contributed by atoms with E-state index in [2.05, 4.69) is 0 Å². The van der Waals surface area contributed by atoms with E-state index >= 15 is 0 Å². The van der Waals surface area contributed by atoms with Crippen LogP contribution in [-0.2, 0) is 9.53 Å². The lowest BCUT2D eigenvalue weighted by molar-refractivity contribution is -0.145. The Kier molecular flexibility index (Phi) is 9.62. The van der Waals surface area contributed by atoms with Crippen molar-refractivity contribution in [3.05, 3.63) is 47.8 Å². The van der Waals surface area contributed by atoms with Gasteiger partial charge in [0.25, 0.3) is 0 Å². The fraction of sp³-hybridized carbons (Fsp3) is 0.625. The van der Waals surface area contributed by atoms with Crippen LogP contribution in [0.15, 0.2) is 36.4 Å². The highest BCUT2D eigenvalue weighted by atomic mass is 19.1. The second-order valence-corrected chi connectivity index (χ2v) is 8.71. The lowest BCUT2D eigenvalue weighted by Crippen LogP contribution is -2.46. The quantitative estimate of drug-likeness (QED) is 0.349. The van der Waals surface area contributed by atoms with Crippen molar-refractivity contribution < 1.29 is 34.3 Å².